The van der Waals surface area contributed by atoms with Crippen molar-refractivity contribution >= 4 is 17.5 Å². The van der Waals surface area contributed by atoms with Crippen molar-refractivity contribution in [3.63, 3.8) is 0 Å². The second-order valence-electron chi connectivity index (χ2n) is 7.00. The monoisotopic (exact) mass is 409 g/mol. The summed E-state index contributed by atoms with van der Waals surface area (Å²) < 4.78 is 51.9. The van der Waals surface area contributed by atoms with Crippen LogP contribution >= 0.6 is 0 Å². The summed E-state index contributed by atoms with van der Waals surface area (Å²) in [6, 6.07) is 6.16. The first-order valence-electron chi connectivity index (χ1n) is 9.03. The van der Waals surface area contributed by atoms with Gasteiger partial charge in [-0.15, -0.1) is 0 Å². The maximum Gasteiger partial charge on any atom is 0.416 e. The zero-order valence-electron chi connectivity index (χ0n) is 15.6. The molecule has 0 unspecified atom stereocenters. The summed E-state index contributed by atoms with van der Waals surface area (Å²) in [5.41, 5.74) is -1.55. The number of rotatable bonds is 4. The maximum absolute atomic E-state index is 14.0. The number of carbonyl (C=O) groups is 2. The summed E-state index contributed by atoms with van der Waals surface area (Å²) in [6.07, 6.45) is -3.28. The van der Waals surface area contributed by atoms with Crippen molar-refractivity contribution in [3.8, 4) is 0 Å². The third kappa shape index (κ3) is 4.97. The van der Waals surface area contributed by atoms with Crippen LogP contribution in [0.3, 0.4) is 0 Å². The SMILES string of the molecule is CN1CCC(C(=O)c2cccc(NC(=O)c3ccc(C(F)(F)F)cc3F)n2)CC1. The number of anilines is 1. The Bertz CT molecular complexity index is 922. The molecule has 3 rings (SSSR count). The highest BCUT2D eigenvalue weighted by atomic mass is 19.4. The Morgan fingerprint density at radius 1 is 1.14 bits per heavy atom. The second-order valence-corrected chi connectivity index (χ2v) is 7.00. The van der Waals surface area contributed by atoms with Crippen LogP contribution in [-0.4, -0.2) is 41.7 Å². The molecule has 0 bridgehead atoms. The molecule has 1 aliphatic heterocycles. The van der Waals surface area contributed by atoms with Gasteiger partial charge in [0.15, 0.2) is 5.78 Å². The van der Waals surface area contributed by atoms with Crippen LogP contribution < -0.4 is 5.32 Å². The van der Waals surface area contributed by atoms with Crippen LogP contribution in [0, 0.1) is 11.7 Å². The number of amides is 1. The van der Waals surface area contributed by atoms with Gasteiger partial charge in [0.1, 0.15) is 17.3 Å². The first-order chi connectivity index (χ1) is 13.6. The average Bonchev–Trinajstić information content (AvgIpc) is 2.67. The van der Waals surface area contributed by atoms with Gasteiger partial charge in [0, 0.05) is 5.92 Å². The Balaban J connectivity index is 1.73. The quantitative estimate of drug-likeness (QED) is 0.612. The van der Waals surface area contributed by atoms with Gasteiger partial charge in [0.25, 0.3) is 5.91 Å². The number of hydrogen-bond acceptors (Lipinski definition) is 4. The topological polar surface area (TPSA) is 62.3 Å². The van der Waals surface area contributed by atoms with Crippen LogP contribution in [0.15, 0.2) is 36.4 Å². The van der Waals surface area contributed by atoms with Gasteiger partial charge in [0.05, 0.1) is 11.1 Å². The predicted molar refractivity (Wildman–Crippen MR) is 98.1 cm³/mol. The minimum absolute atomic E-state index is 0.0214. The first-order valence-corrected chi connectivity index (χ1v) is 9.03. The standard InChI is InChI=1S/C20H19F4N3O2/c1-27-9-7-12(8-10-27)18(28)16-3-2-4-17(25-16)26-19(29)14-6-5-13(11-15(14)21)20(22,23)24/h2-6,11-12H,7-10H2,1H3,(H,25,26,29). The normalized spacial score (nSPS) is 15.9. The van der Waals surface area contributed by atoms with Crippen LogP contribution in [0.2, 0.25) is 0 Å². The molecule has 1 aliphatic rings. The van der Waals surface area contributed by atoms with Crippen molar-refractivity contribution < 1.29 is 27.2 Å². The molecule has 5 nitrogen and oxygen atoms in total. The Morgan fingerprint density at radius 2 is 1.83 bits per heavy atom. The lowest BCUT2D eigenvalue weighted by Crippen LogP contribution is -2.33. The Kier molecular flexibility index (Phi) is 5.97. The summed E-state index contributed by atoms with van der Waals surface area (Å²) in [6.45, 7) is 1.61. The van der Waals surface area contributed by atoms with E-state index in [1.807, 2.05) is 7.05 Å². The molecule has 0 aliphatic carbocycles. The van der Waals surface area contributed by atoms with Gasteiger partial charge in [-0.25, -0.2) is 9.37 Å². The molecule has 1 aromatic heterocycles. The summed E-state index contributed by atoms with van der Waals surface area (Å²) in [4.78, 5) is 31.1. The van der Waals surface area contributed by atoms with Crippen LogP contribution in [0.25, 0.3) is 0 Å². The minimum atomic E-state index is -4.71. The van der Waals surface area contributed by atoms with E-state index in [-0.39, 0.29) is 29.3 Å². The highest BCUT2D eigenvalue weighted by Crippen LogP contribution is 2.30. The fraction of sp³-hybridized carbons (Fsp3) is 0.350. The van der Waals surface area contributed by atoms with Crippen molar-refractivity contribution in [3.05, 3.63) is 59.0 Å². The minimum Gasteiger partial charge on any atom is -0.306 e. The van der Waals surface area contributed by atoms with E-state index in [1.165, 1.54) is 18.2 Å². The van der Waals surface area contributed by atoms with Gasteiger partial charge < -0.3 is 10.2 Å². The lowest BCUT2D eigenvalue weighted by molar-refractivity contribution is -0.137. The molecule has 1 saturated heterocycles. The van der Waals surface area contributed by atoms with Gasteiger partial charge >= 0.3 is 6.18 Å². The van der Waals surface area contributed by atoms with Crippen LogP contribution in [-0.2, 0) is 6.18 Å². The van der Waals surface area contributed by atoms with Gasteiger partial charge in [-0.1, -0.05) is 6.07 Å². The van der Waals surface area contributed by atoms with E-state index in [0.717, 1.165) is 19.2 Å². The third-order valence-electron chi connectivity index (χ3n) is 4.87. The number of alkyl halides is 3. The molecule has 0 atom stereocenters. The van der Waals surface area contributed by atoms with E-state index in [9.17, 15) is 27.2 Å². The van der Waals surface area contributed by atoms with E-state index < -0.39 is 29.0 Å². The number of nitrogens with one attached hydrogen (secondary N) is 1. The van der Waals surface area contributed by atoms with E-state index in [2.05, 4.69) is 15.2 Å². The molecular formula is C20H19F4N3O2. The van der Waals surface area contributed by atoms with E-state index in [1.54, 1.807) is 0 Å². The fourth-order valence-corrected chi connectivity index (χ4v) is 3.18. The second kappa shape index (κ2) is 8.28. The molecule has 2 heterocycles. The van der Waals surface area contributed by atoms with Crippen molar-refractivity contribution in [1.82, 2.24) is 9.88 Å². The third-order valence-corrected chi connectivity index (χ3v) is 4.87. The molecule has 2 aromatic rings. The Hall–Kier alpha value is -2.81. The van der Waals surface area contributed by atoms with Crippen molar-refractivity contribution in [1.29, 1.82) is 0 Å². The number of hydrogen-bond donors (Lipinski definition) is 1. The smallest absolute Gasteiger partial charge is 0.306 e. The van der Waals surface area contributed by atoms with Crippen LogP contribution in [0.4, 0.5) is 23.4 Å². The zero-order valence-corrected chi connectivity index (χ0v) is 15.6. The fourth-order valence-electron chi connectivity index (χ4n) is 3.18. The molecule has 1 aromatic carbocycles. The zero-order chi connectivity index (χ0) is 21.2. The van der Waals surface area contributed by atoms with E-state index in [4.69, 9.17) is 0 Å². The summed E-state index contributed by atoms with van der Waals surface area (Å²) >= 11 is 0. The summed E-state index contributed by atoms with van der Waals surface area (Å²) in [5, 5.41) is 2.33. The lowest BCUT2D eigenvalue weighted by Gasteiger charge is -2.27. The van der Waals surface area contributed by atoms with Gasteiger partial charge in [-0.3, -0.25) is 9.59 Å². The Morgan fingerprint density at radius 3 is 2.45 bits per heavy atom. The van der Waals surface area contributed by atoms with Gasteiger partial charge in [-0.05, 0) is 63.3 Å². The van der Waals surface area contributed by atoms with Crippen LogP contribution in [0.1, 0.15) is 39.3 Å². The summed E-state index contributed by atoms with van der Waals surface area (Å²) in [7, 11) is 1.98. The summed E-state index contributed by atoms with van der Waals surface area (Å²) in [5.74, 6) is -2.51. The number of aromatic nitrogens is 1. The number of benzene rings is 1. The number of carbonyl (C=O) groups excluding carboxylic acids is 2. The molecule has 0 spiro atoms. The molecular weight excluding hydrogens is 390 g/mol. The number of ketones is 1. The number of likely N-dealkylation sites (tertiary alicyclic amines) is 1. The van der Waals surface area contributed by atoms with Crippen molar-refractivity contribution in [2.75, 3.05) is 25.5 Å². The molecule has 1 fully saturated rings. The Labute approximate surface area is 164 Å². The molecule has 154 valence electrons. The molecule has 0 saturated carbocycles. The molecule has 0 radical (unpaired) electrons. The van der Waals surface area contributed by atoms with Crippen molar-refractivity contribution in [2.24, 2.45) is 5.92 Å². The lowest BCUT2D eigenvalue weighted by atomic mass is 9.91. The largest absolute Gasteiger partial charge is 0.416 e. The van der Waals surface area contributed by atoms with Gasteiger partial charge in [0.2, 0.25) is 0 Å². The molecule has 29 heavy (non-hydrogen) atoms. The first kappa shape index (κ1) is 20.9. The number of piperidine rings is 1. The van der Waals surface area contributed by atoms with E-state index >= 15 is 0 Å². The molecule has 1 N–H and O–H groups in total. The number of Topliss-reactive ketones (excluding diaryl/α,β-unsaturated/α-hetero) is 1. The van der Waals surface area contributed by atoms with E-state index in [0.29, 0.717) is 18.9 Å². The predicted octanol–water partition coefficient (Wildman–Crippen LogP) is 4.02. The van der Waals surface area contributed by atoms with Crippen LogP contribution in [0.5, 0.6) is 0 Å². The highest BCUT2D eigenvalue weighted by Gasteiger charge is 2.32. The number of halogens is 4. The number of pyridine rings is 1. The molecule has 9 heteroatoms. The highest BCUT2D eigenvalue weighted by molar-refractivity contribution is 6.04. The van der Waals surface area contributed by atoms with Crippen molar-refractivity contribution in [2.45, 2.75) is 19.0 Å². The number of nitrogens with zero attached hydrogens (tertiary/aromatic N) is 2. The van der Waals surface area contributed by atoms with Gasteiger partial charge in [-0.2, -0.15) is 13.2 Å². The molecule has 1 amide bonds. The average molecular weight is 409 g/mol. The maximum atomic E-state index is 14.0.